The van der Waals surface area contributed by atoms with Crippen LogP contribution in [-0.2, 0) is 4.79 Å². The van der Waals surface area contributed by atoms with Gasteiger partial charge in [0.2, 0.25) is 5.91 Å². The minimum Gasteiger partial charge on any atom is -0.309 e. The van der Waals surface area contributed by atoms with Crippen molar-refractivity contribution in [3.8, 4) is 0 Å². The van der Waals surface area contributed by atoms with Crippen LogP contribution in [0.1, 0.15) is 26.3 Å². The summed E-state index contributed by atoms with van der Waals surface area (Å²) in [5.41, 5.74) is 1.68. The second-order valence-electron chi connectivity index (χ2n) is 5.37. The van der Waals surface area contributed by atoms with E-state index in [9.17, 15) is 4.79 Å². The molecule has 0 saturated carbocycles. The Morgan fingerprint density at radius 1 is 1.35 bits per heavy atom. The molecule has 1 fully saturated rings. The molecule has 17 heavy (non-hydrogen) atoms. The second kappa shape index (κ2) is 4.15. The van der Waals surface area contributed by atoms with Crippen molar-refractivity contribution < 1.29 is 4.79 Å². The smallest absolute Gasteiger partial charge is 0.246 e. The molecule has 0 aliphatic carbocycles. The summed E-state index contributed by atoms with van der Waals surface area (Å²) in [6.45, 7) is 8.77. The first-order valence-electron chi connectivity index (χ1n) is 6.07. The van der Waals surface area contributed by atoms with E-state index in [1.165, 1.54) is 0 Å². The van der Waals surface area contributed by atoms with Crippen LogP contribution < -0.4 is 10.2 Å². The Hall–Kier alpha value is -1.35. The SMILES string of the molecule is Cc1ccccc1N1CC(C)NC(C)(C)C1=O. The van der Waals surface area contributed by atoms with E-state index in [1.54, 1.807) is 0 Å². The first kappa shape index (κ1) is 12.1. The summed E-state index contributed by atoms with van der Waals surface area (Å²) in [5.74, 6) is 0.143. The van der Waals surface area contributed by atoms with Gasteiger partial charge in [-0.05, 0) is 39.3 Å². The maximum absolute atomic E-state index is 12.4. The van der Waals surface area contributed by atoms with Crippen LogP contribution in [0, 0.1) is 6.92 Å². The van der Waals surface area contributed by atoms with Gasteiger partial charge < -0.3 is 4.90 Å². The number of rotatable bonds is 1. The fraction of sp³-hybridized carbons (Fsp3) is 0.500. The summed E-state index contributed by atoms with van der Waals surface area (Å²) in [4.78, 5) is 14.3. The van der Waals surface area contributed by atoms with Crippen molar-refractivity contribution in [2.45, 2.75) is 39.3 Å². The van der Waals surface area contributed by atoms with Gasteiger partial charge in [0.05, 0.1) is 5.54 Å². The van der Waals surface area contributed by atoms with E-state index in [0.717, 1.165) is 17.8 Å². The van der Waals surface area contributed by atoms with E-state index in [2.05, 4.69) is 12.2 Å². The lowest BCUT2D eigenvalue weighted by atomic mass is 9.96. The molecule has 1 atom stereocenters. The number of hydrogen-bond donors (Lipinski definition) is 1. The molecule has 1 saturated heterocycles. The van der Waals surface area contributed by atoms with Gasteiger partial charge in [0.25, 0.3) is 0 Å². The van der Waals surface area contributed by atoms with Crippen LogP contribution >= 0.6 is 0 Å². The van der Waals surface area contributed by atoms with Crippen LogP contribution in [0.15, 0.2) is 24.3 Å². The number of piperazine rings is 1. The first-order chi connectivity index (χ1) is 7.92. The van der Waals surface area contributed by atoms with Gasteiger partial charge in [0.15, 0.2) is 0 Å². The van der Waals surface area contributed by atoms with Crippen molar-refractivity contribution in [1.29, 1.82) is 0 Å². The zero-order valence-corrected chi connectivity index (χ0v) is 10.9. The molecule has 3 heteroatoms. The summed E-state index contributed by atoms with van der Waals surface area (Å²) in [7, 11) is 0. The number of carbonyl (C=O) groups is 1. The lowest BCUT2D eigenvalue weighted by Gasteiger charge is -2.42. The predicted octanol–water partition coefficient (Wildman–Crippen LogP) is 2.10. The van der Waals surface area contributed by atoms with E-state index in [0.29, 0.717) is 6.04 Å². The fourth-order valence-corrected chi connectivity index (χ4v) is 2.49. The number of carbonyl (C=O) groups excluding carboxylic acids is 1. The largest absolute Gasteiger partial charge is 0.309 e. The minimum atomic E-state index is -0.486. The van der Waals surface area contributed by atoms with Gasteiger partial charge >= 0.3 is 0 Å². The Bertz CT molecular complexity index is 440. The van der Waals surface area contributed by atoms with Gasteiger partial charge in [-0.15, -0.1) is 0 Å². The van der Waals surface area contributed by atoms with Crippen LogP contribution in [0.2, 0.25) is 0 Å². The van der Waals surface area contributed by atoms with Crippen molar-refractivity contribution in [1.82, 2.24) is 5.32 Å². The number of aryl methyl sites for hydroxylation is 1. The molecule has 3 nitrogen and oxygen atoms in total. The normalized spacial score (nSPS) is 23.9. The number of amides is 1. The average Bonchev–Trinajstić information content (AvgIpc) is 2.24. The van der Waals surface area contributed by atoms with Gasteiger partial charge in [0.1, 0.15) is 0 Å². The molecule has 0 aromatic heterocycles. The van der Waals surface area contributed by atoms with Crippen LogP contribution in [-0.4, -0.2) is 24.0 Å². The maximum Gasteiger partial charge on any atom is 0.246 e. The standard InChI is InChI=1S/C14H20N2O/c1-10-7-5-6-8-12(10)16-9-11(2)15-14(3,4)13(16)17/h5-8,11,15H,9H2,1-4H3. The summed E-state index contributed by atoms with van der Waals surface area (Å²) in [5, 5.41) is 3.33. The Morgan fingerprint density at radius 2 is 2.00 bits per heavy atom. The number of nitrogens with one attached hydrogen (secondary N) is 1. The van der Waals surface area contributed by atoms with Crippen molar-refractivity contribution in [2.75, 3.05) is 11.4 Å². The van der Waals surface area contributed by atoms with E-state index < -0.39 is 5.54 Å². The first-order valence-corrected chi connectivity index (χ1v) is 6.07. The van der Waals surface area contributed by atoms with Gasteiger partial charge in [-0.25, -0.2) is 0 Å². The summed E-state index contributed by atoms with van der Waals surface area (Å²) >= 11 is 0. The molecular weight excluding hydrogens is 212 g/mol. The topological polar surface area (TPSA) is 32.3 Å². The van der Waals surface area contributed by atoms with Crippen LogP contribution in [0.3, 0.4) is 0 Å². The zero-order chi connectivity index (χ0) is 12.6. The molecule has 1 heterocycles. The van der Waals surface area contributed by atoms with Crippen molar-refractivity contribution in [3.63, 3.8) is 0 Å². The van der Waals surface area contributed by atoms with E-state index >= 15 is 0 Å². The molecule has 1 aliphatic heterocycles. The Labute approximate surface area is 103 Å². The van der Waals surface area contributed by atoms with Crippen LogP contribution in [0.5, 0.6) is 0 Å². The minimum absolute atomic E-state index is 0.143. The third-order valence-corrected chi connectivity index (χ3v) is 3.25. The Morgan fingerprint density at radius 3 is 2.65 bits per heavy atom. The highest BCUT2D eigenvalue weighted by Gasteiger charge is 2.39. The molecule has 1 N–H and O–H groups in total. The van der Waals surface area contributed by atoms with Gasteiger partial charge in [-0.3, -0.25) is 10.1 Å². The summed E-state index contributed by atoms with van der Waals surface area (Å²) in [6.07, 6.45) is 0. The maximum atomic E-state index is 12.4. The average molecular weight is 232 g/mol. The Kier molecular flexibility index (Phi) is 2.96. The number of benzene rings is 1. The molecular formula is C14H20N2O. The molecule has 1 unspecified atom stereocenters. The van der Waals surface area contributed by atoms with E-state index in [-0.39, 0.29) is 5.91 Å². The lowest BCUT2D eigenvalue weighted by molar-refractivity contribution is -0.125. The fourth-order valence-electron chi connectivity index (χ4n) is 2.49. The highest BCUT2D eigenvalue weighted by atomic mass is 16.2. The lowest BCUT2D eigenvalue weighted by Crippen LogP contribution is -2.65. The molecule has 92 valence electrons. The Balaban J connectivity index is 2.38. The molecule has 1 amide bonds. The van der Waals surface area contributed by atoms with Crippen molar-refractivity contribution in [3.05, 3.63) is 29.8 Å². The molecule has 0 radical (unpaired) electrons. The van der Waals surface area contributed by atoms with E-state index in [4.69, 9.17) is 0 Å². The van der Waals surface area contributed by atoms with Gasteiger partial charge in [-0.1, -0.05) is 18.2 Å². The van der Waals surface area contributed by atoms with Gasteiger partial charge in [-0.2, -0.15) is 0 Å². The summed E-state index contributed by atoms with van der Waals surface area (Å²) < 4.78 is 0. The third kappa shape index (κ3) is 2.20. The van der Waals surface area contributed by atoms with E-state index in [1.807, 2.05) is 49.9 Å². The number of para-hydroxylation sites is 1. The van der Waals surface area contributed by atoms with Crippen LogP contribution in [0.4, 0.5) is 5.69 Å². The van der Waals surface area contributed by atoms with Crippen molar-refractivity contribution >= 4 is 11.6 Å². The quantitative estimate of drug-likeness (QED) is 0.804. The molecule has 1 aromatic carbocycles. The number of hydrogen-bond acceptors (Lipinski definition) is 2. The molecule has 1 aliphatic rings. The predicted molar refractivity (Wildman–Crippen MR) is 70.2 cm³/mol. The highest BCUT2D eigenvalue weighted by Crippen LogP contribution is 2.25. The molecule has 0 spiro atoms. The summed E-state index contributed by atoms with van der Waals surface area (Å²) in [6, 6.07) is 8.35. The van der Waals surface area contributed by atoms with Crippen molar-refractivity contribution in [2.24, 2.45) is 0 Å². The monoisotopic (exact) mass is 232 g/mol. The zero-order valence-electron chi connectivity index (χ0n) is 10.9. The highest BCUT2D eigenvalue weighted by molar-refractivity contribution is 6.01. The number of nitrogens with zero attached hydrogens (tertiary/aromatic N) is 1. The molecule has 0 bridgehead atoms. The molecule has 1 aromatic rings. The third-order valence-electron chi connectivity index (χ3n) is 3.25. The molecule has 2 rings (SSSR count). The second-order valence-corrected chi connectivity index (χ2v) is 5.37. The van der Waals surface area contributed by atoms with Gasteiger partial charge in [0, 0.05) is 18.3 Å². The number of anilines is 1. The van der Waals surface area contributed by atoms with Crippen LogP contribution in [0.25, 0.3) is 0 Å².